The lowest BCUT2D eigenvalue weighted by Crippen LogP contribution is -2.42. The highest BCUT2D eigenvalue weighted by Gasteiger charge is 2.31. The van der Waals surface area contributed by atoms with E-state index in [4.69, 9.17) is 4.74 Å². The Balaban J connectivity index is 4.20. The molecule has 0 rings (SSSR count). The highest BCUT2D eigenvalue weighted by molar-refractivity contribution is 5.81. The van der Waals surface area contributed by atoms with Crippen molar-refractivity contribution < 1.29 is 9.53 Å². The molecule has 0 aliphatic heterocycles. The average molecular weight is 299 g/mol. The summed E-state index contributed by atoms with van der Waals surface area (Å²) < 4.78 is 5.69. The highest BCUT2D eigenvalue weighted by Crippen LogP contribution is 2.27. The van der Waals surface area contributed by atoms with Crippen molar-refractivity contribution in [2.75, 3.05) is 26.8 Å². The number of hydrogen-bond donors (Lipinski definition) is 0. The van der Waals surface area contributed by atoms with Crippen LogP contribution in [0.4, 0.5) is 0 Å². The summed E-state index contributed by atoms with van der Waals surface area (Å²) in [6.45, 7) is 19.3. The van der Waals surface area contributed by atoms with Gasteiger partial charge in [0.25, 0.3) is 0 Å². The van der Waals surface area contributed by atoms with E-state index in [2.05, 4.69) is 41.5 Å². The van der Waals surface area contributed by atoms with Gasteiger partial charge in [-0.25, -0.2) is 0 Å². The second kappa shape index (κ2) is 7.62. The van der Waals surface area contributed by atoms with Crippen LogP contribution in [-0.2, 0) is 9.53 Å². The van der Waals surface area contributed by atoms with Gasteiger partial charge in [0.05, 0.1) is 6.61 Å². The number of nitrogens with zero attached hydrogens (tertiary/aromatic N) is 1. The Morgan fingerprint density at radius 1 is 0.952 bits per heavy atom. The van der Waals surface area contributed by atoms with Crippen molar-refractivity contribution in [3.05, 3.63) is 0 Å². The van der Waals surface area contributed by atoms with Crippen molar-refractivity contribution in [1.29, 1.82) is 0 Å². The molecule has 0 radical (unpaired) electrons. The number of carbonyl (C=O) groups is 1. The van der Waals surface area contributed by atoms with Crippen LogP contribution < -0.4 is 0 Å². The van der Waals surface area contributed by atoms with Crippen LogP contribution in [0.2, 0.25) is 0 Å². The summed E-state index contributed by atoms with van der Waals surface area (Å²) in [5.41, 5.74) is 0.0274. The van der Waals surface area contributed by atoms with Crippen LogP contribution in [0, 0.1) is 16.2 Å². The van der Waals surface area contributed by atoms with Gasteiger partial charge in [-0.3, -0.25) is 4.79 Å². The van der Waals surface area contributed by atoms with Gasteiger partial charge in [0.15, 0.2) is 0 Å². The smallest absolute Gasteiger partial charge is 0.227 e. The normalized spacial score (nSPS) is 13.4. The third-order valence-electron chi connectivity index (χ3n) is 3.26. The number of ether oxygens (including phenoxy) is 1. The topological polar surface area (TPSA) is 29.5 Å². The molecule has 0 heterocycles. The van der Waals surface area contributed by atoms with E-state index >= 15 is 0 Å². The standard InChI is InChI=1S/C18H37NO2/c1-16(2,3)13-19(9)15(20)18(7,8)11-10-12-21-14-17(4,5)6/h10-14H2,1-9H3. The summed E-state index contributed by atoms with van der Waals surface area (Å²) in [5, 5.41) is 0. The van der Waals surface area contributed by atoms with Crippen LogP contribution in [-0.4, -0.2) is 37.6 Å². The number of carbonyl (C=O) groups excluding carboxylic acids is 1. The van der Waals surface area contributed by atoms with E-state index in [9.17, 15) is 4.79 Å². The minimum atomic E-state index is -0.314. The summed E-state index contributed by atoms with van der Waals surface area (Å²) in [5.74, 6) is 0.230. The van der Waals surface area contributed by atoms with E-state index in [0.717, 1.165) is 32.6 Å². The molecule has 0 unspecified atom stereocenters. The molecule has 3 nitrogen and oxygen atoms in total. The van der Waals surface area contributed by atoms with Gasteiger partial charge in [-0.15, -0.1) is 0 Å². The predicted molar refractivity (Wildman–Crippen MR) is 90.4 cm³/mol. The molecule has 0 saturated heterocycles. The molecule has 0 saturated carbocycles. The Bertz CT molecular complexity index is 321. The van der Waals surface area contributed by atoms with Gasteiger partial charge in [0.1, 0.15) is 0 Å². The van der Waals surface area contributed by atoms with Crippen LogP contribution in [0.25, 0.3) is 0 Å². The lowest BCUT2D eigenvalue weighted by atomic mass is 9.85. The summed E-state index contributed by atoms with van der Waals surface area (Å²) >= 11 is 0. The van der Waals surface area contributed by atoms with Crippen LogP contribution in [0.3, 0.4) is 0 Å². The first-order chi connectivity index (χ1) is 9.25. The van der Waals surface area contributed by atoms with Gasteiger partial charge in [-0.1, -0.05) is 55.4 Å². The van der Waals surface area contributed by atoms with E-state index in [-0.39, 0.29) is 22.2 Å². The van der Waals surface area contributed by atoms with E-state index < -0.39 is 0 Å². The molecular weight excluding hydrogens is 262 g/mol. The van der Waals surface area contributed by atoms with Crippen molar-refractivity contribution in [1.82, 2.24) is 4.90 Å². The second-order valence-corrected chi connectivity index (χ2v) is 9.32. The Kier molecular flexibility index (Phi) is 7.41. The average Bonchev–Trinajstić information content (AvgIpc) is 2.23. The fraction of sp³-hybridized carbons (Fsp3) is 0.944. The zero-order chi connectivity index (χ0) is 16.9. The first kappa shape index (κ1) is 20.4. The molecular formula is C18H37NO2. The molecule has 1 amide bonds. The maximum Gasteiger partial charge on any atom is 0.227 e. The van der Waals surface area contributed by atoms with E-state index in [1.54, 1.807) is 0 Å². The molecule has 0 aliphatic carbocycles. The van der Waals surface area contributed by atoms with Crippen LogP contribution in [0.15, 0.2) is 0 Å². The lowest BCUT2D eigenvalue weighted by molar-refractivity contribution is -0.140. The molecule has 126 valence electrons. The van der Waals surface area contributed by atoms with Crippen molar-refractivity contribution in [2.45, 2.75) is 68.2 Å². The second-order valence-electron chi connectivity index (χ2n) is 9.32. The van der Waals surface area contributed by atoms with Crippen LogP contribution in [0.1, 0.15) is 68.2 Å². The van der Waals surface area contributed by atoms with Gasteiger partial charge >= 0.3 is 0 Å². The zero-order valence-corrected chi connectivity index (χ0v) is 15.8. The highest BCUT2D eigenvalue weighted by atomic mass is 16.5. The fourth-order valence-electron chi connectivity index (χ4n) is 2.40. The minimum Gasteiger partial charge on any atom is -0.381 e. The summed E-state index contributed by atoms with van der Waals surface area (Å²) in [7, 11) is 1.91. The molecule has 0 aromatic rings. The van der Waals surface area contributed by atoms with Crippen molar-refractivity contribution >= 4 is 5.91 Å². The lowest BCUT2D eigenvalue weighted by Gasteiger charge is -2.33. The largest absolute Gasteiger partial charge is 0.381 e. The molecule has 0 aliphatic rings. The number of hydrogen-bond acceptors (Lipinski definition) is 2. The summed E-state index contributed by atoms with van der Waals surface area (Å²) in [6, 6.07) is 0. The maximum atomic E-state index is 12.6. The third kappa shape index (κ3) is 9.89. The molecule has 0 fully saturated rings. The van der Waals surface area contributed by atoms with Gasteiger partial charge < -0.3 is 9.64 Å². The zero-order valence-electron chi connectivity index (χ0n) is 15.8. The number of amides is 1. The van der Waals surface area contributed by atoms with Gasteiger partial charge in [0, 0.05) is 25.6 Å². The monoisotopic (exact) mass is 299 g/mol. The SMILES string of the molecule is CN(CC(C)(C)C)C(=O)C(C)(C)CCCOCC(C)(C)C. The molecule has 0 atom stereocenters. The first-order valence-electron chi connectivity index (χ1n) is 8.08. The van der Waals surface area contributed by atoms with Gasteiger partial charge in [0.2, 0.25) is 5.91 Å². The molecule has 0 bridgehead atoms. The third-order valence-corrected chi connectivity index (χ3v) is 3.26. The number of rotatable bonds is 7. The first-order valence-corrected chi connectivity index (χ1v) is 8.08. The van der Waals surface area contributed by atoms with Crippen molar-refractivity contribution in [2.24, 2.45) is 16.2 Å². The predicted octanol–water partition coefficient (Wildman–Crippen LogP) is 4.36. The molecule has 0 aromatic carbocycles. The van der Waals surface area contributed by atoms with Gasteiger partial charge in [-0.05, 0) is 23.7 Å². The van der Waals surface area contributed by atoms with Crippen molar-refractivity contribution in [3.8, 4) is 0 Å². The van der Waals surface area contributed by atoms with E-state index in [1.807, 2.05) is 25.8 Å². The minimum absolute atomic E-state index is 0.135. The van der Waals surface area contributed by atoms with Gasteiger partial charge in [-0.2, -0.15) is 0 Å². The quantitative estimate of drug-likeness (QED) is 0.654. The Morgan fingerprint density at radius 3 is 1.90 bits per heavy atom. The van der Waals surface area contributed by atoms with Crippen LogP contribution in [0.5, 0.6) is 0 Å². The Hall–Kier alpha value is -0.570. The fourth-order valence-corrected chi connectivity index (χ4v) is 2.40. The summed E-state index contributed by atoms with van der Waals surface area (Å²) in [6.07, 6.45) is 1.79. The van der Waals surface area contributed by atoms with Crippen LogP contribution >= 0.6 is 0 Å². The Morgan fingerprint density at radius 2 is 1.48 bits per heavy atom. The van der Waals surface area contributed by atoms with E-state index in [0.29, 0.717) is 0 Å². The Labute approximate surface area is 132 Å². The molecule has 0 spiro atoms. The molecule has 0 N–H and O–H groups in total. The van der Waals surface area contributed by atoms with E-state index in [1.165, 1.54) is 0 Å². The molecule has 0 aromatic heterocycles. The molecule has 21 heavy (non-hydrogen) atoms. The molecule has 3 heteroatoms. The summed E-state index contributed by atoms with van der Waals surface area (Å²) in [4.78, 5) is 14.4. The van der Waals surface area contributed by atoms with Crippen molar-refractivity contribution in [3.63, 3.8) is 0 Å². The maximum absolute atomic E-state index is 12.6.